The second-order valence-corrected chi connectivity index (χ2v) is 7.00. The average Bonchev–Trinajstić information content (AvgIpc) is 2.54. The molecular formula is C14H19FN2O4S. The summed E-state index contributed by atoms with van der Waals surface area (Å²) in [7, 11) is -1.23. The molecule has 0 N–H and O–H groups in total. The van der Waals surface area contributed by atoms with Crippen LogP contribution >= 0.6 is 0 Å². The van der Waals surface area contributed by atoms with Crippen molar-refractivity contribution < 1.29 is 22.4 Å². The van der Waals surface area contributed by atoms with Gasteiger partial charge in [-0.1, -0.05) is 6.42 Å². The Bertz CT molecular complexity index is 657. The lowest BCUT2D eigenvalue weighted by molar-refractivity contribution is -0.0757. The summed E-state index contributed by atoms with van der Waals surface area (Å²) in [6.07, 6.45) is 2.48. The minimum Gasteiger partial charge on any atom is -0.274 e. The lowest BCUT2D eigenvalue weighted by Gasteiger charge is -2.26. The van der Waals surface area contributed by atoms with E-state index >= 15 is 0 Å². The minimum absolute atomic E-state index is 0.0568. The molecule has 1 aromatic carbocycles. The Morgan fingerprint density at radius 2 is 1.91 bits per heavy atom. The molecule has 6 nitrogen and oxygen atoms in total. The number of nitrogens with zero attached hydrogens (tertiary/aromatic N) is 2. The van der Waals surface area contributed by atoms with E-state index in [1.165, 1.54) is 24.5 Å². The van der Waals surface area contributed by atoms with Crippen molar-refractivity contribution in [3.8, 4) is 0 Å². The van der Waals surface area contributed by atoms with Crippen molar-refractivity contribution in [2.75, 3.05) is 27.2 Å². The van der Waals surface area contributed by atoms with Crippen LogP contribution in [0.1, 0.15) is 29.6 Å². The third-order valence-corrected chi connectivity index (χ3v) is 5.58. The largest absolute Gasteiger partial charge is 0.277 e. The van der Waals surface area contributed by atoms with E-state index < -0.39 is 26.6 Å². The van der Waals surface area contributed by atoms with Crippen molar-refractivity contribution in [3.63, 3.8) is 0 Å². The fourth-order valence-corrected chi connectivity index (χ4v) is 3.95. The predicted molar refractivity (Wildman–Crippen MR) is 78.1 cm³/mol. The molecule has 0 unspecified atom stereocenters. The zero-order chi connectivity index (χ0) is 16.3. The smallest absolute Gasteiger partial charge is 0.274 e. The summed E-state index contributed by atoms with van der Waals surface area (Å²) in [5.41, 5.74) is 0.0568. The van der Waals surface area contributed by atoms with E-state index in [1.807, 2.05) is 0 Å². The number of rotatable bonds is 4. The maximum atomic E-state index is 14.0. The first kappa shape index (κ1) is 16.9. The van der Waals surface area contributed by atoms with Crippen LogP contribution in [0, 0.1) is 5.82 Å². The third-order valence-electron chi connectivity index (χ3n) is 3.67. The summed E-state index contributed by atoms with van der Waals surface area (Å²) in [5, 5.41) is 0.949. The molecule has 22 heavy (non-hydrogen) atoms. The maximum absolute atomic E-state index is 14.0. The first-order valence-corrected chi connectivity index (χ1v) is 8.44. The number of amides is 1. The summed E-state index contributed by atoms with van der Waals surface area (Å²) in [5.74, 6) is -1.40. The first-order valence-electron chi connectivity index (χ1n) is 7.00. The Morgan fingerprint density at radius 1 is 1.27 bits per heavy atom. The summed E-state index contributed by atoms with van der Waals surface area (Å²) in [6, 6.07) is 3.30. The van der Waals surface area contributed by atoms with Crippen molar-refractivity contribution in [2.24, 2.45) is 0 Å². The molecule has 1 aliphatic rings. The van der Waals surface area contributed by atoms with Gasteiger partial charge in [-0.15, -0.1) is 0 Å². The fraction of sp³-hybridized carbons (Fsp3) is 0.500. The number of hydrogen-bond acceptors (Lipinski definition) is 4. The van der Waals surface area contributed by atoms with Crippen LogP contribution in [0.2, 0.25) is 0 Å². The van der Waals surface area contributed by atoms with Crippen molar-refractivity contribution in [1.82, 2.24) is 9.37 Å². The Kier molecular flexibility index (Phi) is 5.15. The number of halogens is 1. The highest BCUT2D eigenvalue weighted by Crippen LogP contribution is 2.24. The van der Waals surface area contributed by atoms with E-state index in [9.17, 15) is 17.6 Å². The van der Waals surface area contributed by atoms with E-state index in [4.69, 9.17) is 4.84 Å². The minimum atomic E-state index is -3.93. The van der Waals surface area contributed by atoms with Crippen LogP contribution in [0.4, 0.5) is 4.39 Å². The van der Waals surface area contributed by atoms with Gasteiger partial charge in [-0.25, -0.2) is 17.9 Å². The van der Waals surface area contributed by atoms with E-state index in [-0.39, 0.29) is 5.56 Å². The number of carbonyl (C=O) groups is 1. The van der Waals surface area contributed by atoms with Crippen molar-refractivity contribution in [3.05, 3.63) is 29.6 Å². The molecule has 1 heterocycles. The molecule has 8 heteroatoms. The highest BCUT2D eigenvalue weighted by Gasteiger charge is 2.29. The summed E-state index contributed by atoms with van der Waals surface area (Å²) >= 11 is 0. The number of hydrogen-bond donors (Lipinski definition) is 0. The number of sulfonamides is 1. The van der Waals surface area contributed by atoms with Gasteiger partial charge in [0.1, 0.15) is 10.7 Å². The monoisotopic (exact) mass is 330 g/mol. The van der Waals surface area contributed by atoms with Crippen LogP contribution in [0.5, 0.6) is 0 Å². The molecule has 0 saturated carbocycles. The van der Waals surface area contributed by atoms with Crippen LogP contribution in [0.15, 0.2) is 23.1 Å². The number of carbonyl (C=O) groups excluding carboxylic acids is 1. The molecule has 122 valence electrons. The molecule has 0 aliphatic carbocycles. The first-order chi connectivity index (χ1) is 10.4. The normalized spacial score (nSPS) is 16.5. The van der Waals surface area contributed by atoms with Gasteiger partial charge in [0.2, 0.25) is 10.0 Å². The van der Waals surface area contributed by atoms with Crippen LogP contribution in [0.3, 0.4) is 0 Å². The van der Waals surface area contributed by atoms with Crippen LogP contribution in [-0.4, -0.2) is 50.9 Å². The third kappa shape index (κ3) is 3.29. The zero-order valence-corrected chi connectivity index (χ0v) is 13.4. The predicted octanol–water partition coefficient (Wildman–Crippen LogP) is 1.63. The molecule has 1 fully saturated rings. The highest BCUT2D eigenvalue weighted by atomic mass is 32.2. The van der Waals surface area contributed by atoms with Gasteiger partial charge in [0.15, 0.2) is 0 Å². The van der Waals surface area contributed by atoms with E-state index in [1.54, 1.807) is 0 Å². The zero-order valence-electron chi connectivity index (χ0n) is 12.6. The van der Waals surface area contributed by atoms with Crippen LogP contribution < -0.4 is 0 Å². The second kappa shape index (κ2) is 6.72. The Morgan fingerprint density at radius 3 is 2.50 bits per heavy atom. The Balaban J connectivity index is 2.39. The van der Waals surface area contributed by atoms with Gasteiger partial charge in [0.05, 0.1) is 7.11 Å². The summed E-state index contributed by atoms with van der Waals surface area (Å²) in [6.45, 7) is 0.746. The van der Waals surface area contributed by atoms with Gasteiger partial charge in [-0.3, -0.25) is 9.63 Å². The second-order valence-electron chi connectivity index (χ2n) is 5.10. The van der Waals surface area contributed by atoms with Gasteiger partial charge in [0, 0.05) is 25.7 Å². The van der Waals surface area contributed by atoms with E-state index in [0.29, 0.717) is 13.1 Å². The average molecular weight is 330 g/mol. The maximum Gasteiger partial charge on any atom is 0.277 e. The molecule has 1 saturated heterocycles. The molecule has 1 amide bonds. The van der Waals surface area contributed by atoms with Gasteiger partial charge < -0.3 is 0 Å². The van der Waals surface area contributed by atoms with Gasteiger partial charge >= 0.3 is 0 Å². The van der Waals surface area contributed by atoms with E-state index in [2.05, 4.69) is 0 Å². The molecule has 0 radical (unpaired) electrons. The number of hydroxylamine groups is 2. The van der Waals surface area contributed by atoms with E-state index in [0.717, 1.165) is 36.5 Å². The summed E-state index contributed by atoms with van der Waals surface area (Å²) < 4.78 is 40.4. The highest BCUT2D eigenvalue weighted by molar-refractivity contribution is 7.89. The molecule has 1 aliphatic heterocycles. The quantitative estimate of drug-likeness (QED) is 0.787. The van der Waals surface area contributed by atoms with Gasteiger partial charge in [-0.2, -0.15) is 4.31 Å². The molecule has 1 aromatic rings. The van der Waals surface area contributed by atoms with Crippen LogP contribution in [-0.2, 0) is 14.9 Å². The number of piperidine rings is 1. The van der Waals surface area contributed by atoms with Crippen molar-refractivity contribution >= 4 is 15.9 Å². The Labute approximate surface area is 129 Å². The molecule has 0 aromatic heterocycles. The molecule has 0 bridgehead atoms. The summed E-state index contributed by atoms with van der Waals surface area (Å²) in [4.78, 5) is 16.3. The molecule has 0 atom stereocenters. The number of benzene rings is 1. The van der Waals surface area contributed by atoms with Crippen molar-refractivity contribution in [1.29, 1.82) is 0 Å². The molecule has 2 rings (SSSR count). The molecule has 0 spiro atoms. The Hall–Kier alpha value is -1.51. The lowest BCUT2D eigenvalue weighted by Crippen LogP contribution is -2.36. The lowest BCUT2D eigenvalue weighted by atomic mass is 10.2. The van der Waals surface area contributed by atoms with Crippen molar-refractivity contribution in [2.45, 2.75) is 24.2 Å². The van der Waals surface area contributed by atoms with Crippen LogP contribution in [0.25, 0.3) is 0 Å². The fourth-order valence-electron chi connectivity index (χ4n) is 2.34. The van der Waals surface area contributed by atoms with Gasteiger partial charge in [0.25, 0.3) is 5.91 Å². The standard InChI is InChI=1S/C14H19FN2O4S/c1-16(21-2)14(18)11-6-7-12(15)13(10-11)22(19,20)17-8-4-3-5-9-17/h6-7,10H,3-5,8-9H2,1-2H3. The SMILES string of the molecule is CON(C)C(=O)c1ccc(F)c(S(=O)(=O)N2CCCCC2)c1. The topological polar surface area (TPSA) is 66.9 Å². The van der Waals surface area contributed by atoms with Gasteiger partial charge in [-0.05, 0) is 31.0 Å². The molecular weight excluding hydrogens is 311 g/mol.